The molecule has 0 spiro atoms. The summed E-state index contributed by atoms with van der Waals surface area (Å²) in [6, 6.07) is 5.66. The monoisotopic (exact) mass is 311 g/mol. The molecule has 1 heterocycles. The number of nitrogens with one attached hydrogen (secondary N) is 1. The zero-order valence-corrected chi connectivity index (χ0v) is 12.5. The fourth-order valence-electron chi connectivity index (χ4n) is 2.18. The Kier molecular flexibility index (Phi) is 3.78. The third-order valence-electron chi connectivity index (χ3n) is 3.80. The summed E-state index contributed by atoms with van der Waals surface area (Å²) in [7, 11) is 0. The lowest BCUT2D eigenvalue weighted by atomic mass is 9.94. The van der Waals surface area contributed by atoms with Crippen LogP contribution >= 0.6 is 15.9 Å². The number of hydrogen-bond donors (Lipinski definition) is 1. The van der Waals surface area contributed by atoms with Crippen molar-refractivity contribution in [1.82, 2.24) is 5.32 Å². The molecule has 0 aliphatic carbocycles. The Labute approximate surface area is 116 Å². The Morgan fingerprint density at radius 2 is 2.28 bits per heavy atom. The van der Waals surface area contributed by atoms with Crippen LogP contribution in [0.2, 0.25) is 0 Å². The maximum absolute atomic E-state index is 12.3. The van der Waals surface area contributed by atoms with Gasteiger partial charge in [0.1, 0.15) is 0 Å². The fraction of sp³-hybridized carbons (Fsp3) is 0.500. The van der Waals surface area contributed by atoms with Gasteiger partial charge in [0.05, 0.1) is 11.6 Å². The number of benzene rings is 1. The quantitative estimate of drug-likeness (QED) is 0.911. The molecule has 1 saturated heterocycles. The molecular formula is C14H18BrNO2. The molecule has 1 aromatic rings. The molecule has 1 aliphatic rings. The Morgan fingerprint density at radius 1 is 1.56 bits per heavy atom. The van der Waals surface area contributed by atoms with Crippen LogP contribution in [0.25, 0.3) is 0 Å². The molecule has 1 N–H and O–H groups in total. The summed E-state index contributed by atoms with van der Waals surface area (Å²) in [5.74, 6) is -0.0337. The molecule has 2 atom stereocenters. The minimum absolute atomic E-state index is 0.0337. The first-order valence-electron chi connectivity index (χ1n) is 6.13. The van der Waals surface area contributed by atoms with Gasteiger partial charge in [-0.05, 0) is 44.9 Å². The van der Waals surface area contributed by atoms with E-state index in [0.29, 0.717) is 12.2 Å². The third kappa shape index (κ3) is 2.45. The van der Waals surface area contributed by atoms with Crippen LogP contribution in [0.4, 0.5) is 0 Å². The summed E-state index contributed by atoms with van der Waals surface area (Å²) < 4.78 is 6.49. The van der Waals surface area contributed by atoms with Gasteiger partial charge in [-0.1, -0.05) is 22.0 Å². The normalized spacial score (nSPS) is 27.2. The molecule has 1 aromatic carbocycles. The maximum Gasteiger partial charge on any atom is 0.252 e. The first kappa shape index (κ1) is 13.6. The van der Waals surface area contributed by atoms with Crippen LogP contribution in [-0.4, -0.2) is 24.2 Å². The summed E-state index contributed by atoms with van der Waals surface area (Å²) in [6.45, 7) is 6.68. The van der Waals surface area contributed by atoms with Gasteiger partial charge in [-0.25, -0.2) is 0 Å². The van der Waals surface area contributed by atoms with Gasteiger partial charge < -0.3 is 10.1 Å². The van der Waals surface area contributed by atoms with Crippen LogP contribution in [-0.2, 0) is 4.74 Å². The summed E-state index contributed by atoms with van der Waals surface area (Å²) in [6.07, 6.45) is 0.904. The van der Waals surface area contributed by atoms with E-state index in [-0.39, 0.29) is 17.6 Å². The predicted molar refractivity (Wildman–Crippen MR) is 74.8 cm³/mol. The van der Waals surface area contributed by atoms with Crippen LogP contribution in [0, 0.1) is 6.92 Å². The summed E-state index contributed by atoms with van der Waals surface area (Å²) >= 11 is 3.45. The Bertz CT molecular complexity index is 475. The van der Waals surface area contributed by atoms with Gasteiger partial charge in [-0.2, -0.15) is 0 Å². The number of carbonyl (C=O) groups excluding carboxylic acids is 1. The summed E-state index contributed by atoms with van der Waals surface area (Å²) in [5, 5.41) is 3.10. The molecule has 4 heteroatoms. The van der Waals surface area contributed by atoms with E-state index in [1.807, 2.05) is 39.0 Å². The molecule has 1 aliphatic heterocycles. The molecule has 3 nitrogen and oxygen atoms in total. The minimum atomic E-state index is -0.272. The molecular weight excluding hydrogens is 294 g/mol. The highest BCUT2D eigenvalue weighted by atomic mass is 79.9. The van der Waals surface area contributed by atoms with Gasteiger partial charge in [0.15, 0.2) is 0 Å². The van der Waals surface area contributed by atoms with E-state index in [1.54, 1.807) is 0 Å². The highest BCUT2D eigenvalue weighted by Crippen LogP contribution is 2.26. The average molecular weight is 312 g/mol. The predicted octanol–water partition coefficient (Wildman–Crippen LogP) is 3.05. The highest BCUT2D eigenvalue weighted by Gasteiger charge is 2.38. The van der Waals surface area contributed by atoms with Crippen LogP contribution in [0.15, 0.2) is 22.7 Å². The zero-order chi connectivity index (χ0) is 13.3. The van der Waals surface area contributed by atoms with Crippen molar-refractivity contribution in [2.45, 2.75) is 38.8 Å². The second-order valence-electron chi connectivity index (χ2n) is 5.05. The molecule has 0 aromatic heterocycles. The molecule has 18 heavy (non-hydrogen) atoms. The van der Waals surface area contributed by atoms with Crippen LogP contribution in [0.1, 0.15) is 36.2 Å². The summed E-state index contributed by atoms with van der Waals surface area (Å²) in [4.78, 5) is 12.3. The van der Waals surface area contributed by atoms with Gasteiger partial charge >= 0.3 is 0 Å². The van der Waals surface area contributed by atoms with Crippen molar-refractivity contribution in [3.63, 3.8) is 0 Å². The van der Waals surface area contributed by atoms with E-state index in [9.17, 15) is 4.79 Å². The lowest BCUT2D eigenvalue weighted by Gasteiger charge is -2.29. The van der Waals surface area contributed by atoms with Gasteiger partial charge in [0.25, 0.3) is 5.91 Å². The van der Waals surface area contributed by atoms with Crippen molar-refractivity contribution in [2.75, 3.05) is 6.61 Å². The second-order valence-corrected chi connectivity index (χ2v) is 5.90. The number of hydrogen-bond acceptors (Lipinski definition) is 2. The molecule has 98 valence electrons. The van der Waals surface area contributed by atoms with E-state index >= 15 is 0 Å². The smallest absolute Gasteiger partial charge is 0.252 e. The third-order valence-corrected chi connectivity index (χ3v) is 4.66. The van der Waals surface area contributed by atoms with Crippen LogP contribution in [0.3, 0.4) is 0 Å². The van der Waals surface area contributed by atoms with Gasteiger partial charge in [0.2, 0.25) is 0 Å². The largest absolute Gasteiger partial charge is 0.376 e. The lowest BCUT2D eigenvalue weighted by molar-refractivity contribution is 0.0727. The molecule has 2 unspecified atom stereocenters. The first-order valence-corrected chi connectivity index (χ1v) is 6.92. The van der Waals surface area contributed by atoms with E-state index in [1.165, 1.54) is 0 Å². The number of ether oxygens (including phenoxy) is 1. The molecule has 1 fully saturated rings. The van der Waals surface area contributed by atoms with E-state index < -0.39 is 0 Å². The first-order chi connectivity index (χ1) is 8.44. The van der Waals surface area contributed by atoms with Crippen molar-refractivity contribution in [3.8, 4) is 0 Å². The Balaban J connectivity index is 2.20. The molecule has 0 radical (unpaired) electrons. The second kappa shape index (κ2) is 5.02. The molecule has 1 amide bonds. The fourth-order valence-corrected chi connectivity index (χ4v) is 2.55. The number of halogens is 1. The van der Waals surface area contributed by atoms with E-state index in [2.05, 4.69) is 21.2 Å². The van der Waals surface area contributed by atoms with Crippen molar-refractivity contribution in [3.05, 3.63) is 33.8 Å². The van der Waals surface area contributed by atoms with Crippen molar-refractivity contribution in [2.24, 2.45) is 0 Å². The van der Waals surface area contributed by atoms with Gasteiger partial charge in [-0.15, -0.1) is 0 Å². The molecule has 0 saturated carbocycles. The molecule has 0 bridgehead atoms. The summed E-state index contributed by atoms with van der Waals surface area (Å²) in [5.41, 5.74) is 1.40. The Hall–Kier alpha value is -0.870. The van der Waals surface area contributed by atoms with Gasteiger partial charge in [-0.3, -0.25) is 4.79 Å². The SMILES string of the molecule is Cc1c(Br)cccc1C(=O)NC1(C)CCOC1C. The molecule has 2 rings (SSSR count). The van der Waals surface area contributed by atoms with Crippen molar-refractivity contribution >= 4 is 21.8 Å². The zero-order valence-electron chi connectivity index (χ0n) is 10.9. The minimum Gasteiger partial charge on any atom is -0.376 e. The van der Waals surface area contributed by atoms with Crippen molar-refractivity contribution in [1.29, 1.82) is 0 Å². The number of amides is 1. The van der Waals surface area contributed by atoms with E-state index in [0.717, 1.165) is 16.5 Å². The maximum atomic E-state index is 12.3. The topological polar surface area (TPSA) is 38.3 Å². The van der Waals surface area contributed by atoms with Crippen LogP contribution < -0.4 is 5.32 Å². The lowest BCUT2D eigenvalue weighted by Crippen LogP contribution is -2.50. The van der Waals surface area contributed by atoms with Crippen LogP contribution in [0.5, 0.6) is 0 Å². The average Bonchev–Trinajstić information content (AvgIpc) is 2.62. The van der Waals surface area contributed by atoms with Crippen molar-refractivity contribution < 1.29 is 9.53 Å². The van der Waals surface area contributed by atoms with Gasteiger partial charge in [0, 0.05) is 16.6 Å². The number of rotatable bonds is 2. The number of carbonyl (C=O) groups is 1. The Morgan fingerprint density at radius 3 is 2.89 bits per heavy atom. The standard InChI is InChI=1S/C14H18BrNO2/c1-9-11(5-4-6-12(9)15)13(17)16-14(3)7-8-18-10(14)2/h4-6,10H,7-8H2,1-3H3,(H,16,17). The highest BCUT2D eigenvalue weighted by molar-refractivity contribution is 9.10. The van der Waals surface area contributed by atoms with E-state index in [4.69, 9.17) is 4.74 Å².